The lowest BCUT2D eigenvalue weighted by Gasteiger charge is -2.28. The van der Waals surface area contributed by atoms with Gasteiger partial charge in [0.15, 0.2) is 6.10 Å². The number of carbonyl (C=O) groups is 3. The van der Waals surface area contributed by atoms with Crippen LogP contribution in [0.3, 0.4) is 0 Å². The molecule has 36 heavy (non-hydrogen) atoms. The Hall–Kier alpha value is -4.01. The standard InChI is InChI=1S/C27H30N2O7/c1-6-34-27(32)28(4)21-14-29-20-12-16(2)22(33-5)13-19(20)23(24(29)25(21)36-17(3)30)26(31)35-15-18-10-8-7-9-11-18/h7-13,21,25H,6,14-15H2,1-5H3. The molecule has 0 saturated heterocycles. The Kier molecular flexibility index (Phi) is 7.19. The lowest BCUT2D eigenvalue weighted by Crippen LogP contribution is -2.41. The molecule has 0 N–H and O–H groups in total. The van der Waals surface area contributed by atoms with Crippen molar-refractivity contribution in [1.29, 1.82) is 0 Å². The fourth-order valence-corrected chi connectivity index (χ4v) is 4.69. The number of carbonyl (C=O) groups excluding carboxylic acids is 3. The Labute approximate surface area is 209 Å². The van der Waals surface area contributed by atoms with Gasteiger partial charge in [-0.05, 0) is 37.1 Å². The fourth-order valence-electron chi connectivity index (χ4n) is 4.69. The second-order valence-electron chi connectivity index (χ2n) is 8.68. The van der Waals surface area contributed by atoms with Crippen LogP contribution in [-0.4, -0.2) is 54.3 Å². The first kappa shape index (κ1) is 25.1. The van der Waals surface area contributed by atoms with Crippen molar-refractivity contribution in [3.63, 3.8) is 0 Å². The summed E-state index contributed by atoms with van der Waals surface area (Å²) in [4.78, 5) is 39.7. The number of esters is 2. The number of aryl methyl sites for hydroxylation is 1. The van der Waals surface area contributed by atoms with Crippen molar-refractivity contribution in [2.24, 2.45) is 0 Å². The normalized spacial score (nSPS) is 16.4. The second kappa shape index (κ2) is 10.3. The molecule has 0 saturated carbocycles. The molecule has 2 unspecified atom stereocenters. The highest BCUT2D eigenvalue weighted by atomic mass is 16.6. The van der Waals surface area contributed by atoms with E-state index in [1.54, 1.807) is 27.1 Å². The van der Waals surface area contributed by atoms with Gasteiger partial charge in [-0.25, -0.2) is 9.59 Å². The first-order valence-corrected chi connectivity index (χ1v) is 11.7. The second-order valence-corrected chi connectivity index (χ2v) is 8.68. The van der Waals surface area contributed by atoms with Crippen molar-refractivity contribution in [2.45, 2.75) is 46.1 Å². The lowest BCUT2D eigenvalue weighted by atomic mass is 10.0. The third-order valence-electron chi connectivity index (χ3n) is 6.37. The summed E-state index contributed by atoms with van der Waals surface area (Å²) >= 11 is 0. The van der Waals surface area contributed by atoms with Crippen molar-refractivity contribution < 1.29 is 33.3 Å². The highest BCUT2D eigenvalue weighted by Crippen LogP contribution is 2.43. The Morgan fingerprint density at radius 3 is 2.47 bits per heavy atom. The van der Waals surface area contributed by atoms with Gasteiger partial charge in [0, 0.05) is 31.4 Å². The van der Waals surface area contributed by atoms with Crippen LogP contribution in [0.4, 0.5) is 4.79 Å². The van der Waals surface area contributed by atoms with E-state index in [-0.39, 0.29) is 18.8 Å². The Balaban J connectivity index is 1.84. The average molecular weight is 495 g/mol. The van der Waals surface area contributed by atoms with Gasteiger partial charge in [0.05, 0.1) is 31.0 Å². The summed E-state index contributed by atoms with van der Waals surface area (Å²) < 4.78 is 24.0. The summed E-state index contributed by atoms with van der Waals surface area (Å²) in [7, 11) is 3.16. The molecule has 9 nitrogen and oxygen atoms in total. The van der Waals surface area contributed by atoms with Crippen LogP contribution in [-0.2, 0) is 32.2 Å². The van der Waals surface area contributed by atoms with Gasteiger partial charge in [0.2, 0.25) is 0 Å². The van der Waals surface area contributed by atoms with Crippen LogP contribution in [0.15, 0.2) is 42.5 Å². The van der Waals surface area contributed by atoms with Crippen LogP contribution in [0, 0.1) is 6.92 Å². The number of likely N-dealkylation sites (N-methyl/N-ethyl adjacent to an activating group) is 1. The molecule has 1 aliphatic rings. The number of ether oxygens (including phenoxy) is 4. The summed E-state index contributed by atoms with van der Waals surface area (Å²) in [6.45, 7) is 5.52. The van der Waals surface area contributed by atoms with E-state index in [9.17, 15) is 14.4 Å². The molecule has 2 aromatic carbocycles. The number of hydrogen-bond acceptors (Lipinski definition) is 7. The van der Waals surface area contributed by atoms with E-state index < -0.39 is 30.2 Å². The number of benzene rings is 2. The van der Waals surface area contributed by atoms with Crippen LogP contribution >= 0.6 is 0 Å². The molecule has 1 aromatic heterocycles. The van der Waals surface area contributed by atoms with E-state index in [1.807, 2.05) is 47.9 Å². The maximum Gasteiger partial charge on any atom is 0.409 e. The Morgan fingerprint density at radius 2 is 1.83 bits per heavy atom. The maximum atomic E-state index is 13.6. The van der Waals surface area contributed by atoms with E-state index in [2.05, 4.69) is 0 Å². The summed E-state index contributed by atoms with van der Waals surface area (Å²) in [5.74, 6) is -0.466. The summed E-state index contributed by atoms with van der Waals surface area (Å²) in [6, 6.07) is 12.5. The van der Waals surface area contributed by atoms with Crippen LogP contribution < -0.4 is 4.74 Å². The molecule has 3 aromatic rings. The van der Waals surface area contributed by atoms with E-state index in [0.717, 1.165) is 16.6 Å². The number of rotatable bonds is 7. The van der Waals surface area contributed by atoms with Crippen molar-refractivity contribution in [3.8, 4) is 5.75 Å². The predicted octanol–water partition coefficient (Wildman–Crippen LogP) is 4.39. The van der Waals surface area contributed by atoms with Gasteiger partial charge in [0.1, 0.15) is 12.4 Å². The van der Waals surface area contributed by atoms with E-state index >= 15 is 0 Å². The summed E-state index contributed by atoms with van der Waals surface area (Å²) in [5.41, 5.74) is 3.24. The minimum Gasteiger partial charge on any atom is -0.496 e. The van der Waals surface area contributed by atoms with Crippen LogP contribution in [0.5, 0.6) is 5.75 Å². The molecule has 0 fully saturated rings. The molecule has 0 spiro atoms. The number of fused-ring (bicyclic) bond motifs is 3. The monoisotopic (exact) mass is 494 g/mol. The van der Waals surface area contributed by atoms with Crippen LogP contribution in [0.25, 0.3) is 10.9 Å². The highest BCUT2D eigenvalue weighted by Gasteiger charge is 2.45. The first-order chi connectivity index (χ1) is 17.3. The van der Waals surface area contributed by atoms with E-state index in [4.69, 9.17) is 18.9 Å². The molecule has 2 heterocycles. The van der Waals surface area contributed by atoms with Gasteiger partial charge in [-0.3, -0.25) is 4.79 Å². The summed E-state index contributed by atoms with van der Waals surface area (Å²) in [5, 5.41) is 0.625. The zero-order valence-electron chi connectivity index (χ0n) is 21.1. The van der Waals surface area contributed by atoms with Crippen molar-refractivity contribution in [2.75, 3.05) is 20.8 Å². The third kappa shape index (κ3) is 4.60. The molecule has 4 rings (SSSR count). The van der Waals surface area contributed by atoms with Gasteiger partial charge in [-0.1, -0.05) is 30.3 Å². The zero-order chi connectivity index (χ0) is 26.0. The van der Waals surface area contributed by atoms with Crippen LogP contribution in [0.2, 0.25) is 0 Å². The topological polar surface area (TPSA) is 96.3 Å². The molecular weight excluding hydrogens is 464 g/mol. The number of methoxy groups -OCH3 is 1. The Bertz CT molecular complexity index is 1300. The quantitative estimate of drug-likeness (QED) is 0.355. The molecule has 0 radical (unpaired) electrons. The number of hydrogen-bond donors (Lipinski definition) is 0. The van der Waals surface area contributed by atoms with Crippen molar-refractivity contribution in [3.05, 3.63) is 64.8 Å². The number of amides is 1. The molecule has 0 aliphatic carbocycles. The van der Waals surface area contributed by atoms with Gasteiger partial charge in [0.25, 0.3) is 0 Å². The van der Waals surface area contributed by atoms with Gasteiger partial charge in [-0.2, -0.15) is 0 Å². The van der Waals surface area contributed by atoms with E-state index in [1.165, 1.54) is 11.8 Å². The number of aromatic nitrogens is 1. The minimum atomic E-state index is -0.894. The molecular formula is C27H30N2O7. The predicted molar refractivity (Wildman–Crippen MR) is 132 cm³/mol. The zero-order valence-corrected chi connectivity index (χ0v) is 21.1. The van der Waals surface area contributed by atoms with E-state index in [0.29, 0.717) is 23.4 Å². The number of nitrogens with zero attached hydrogens (tertiary/aromatic N) is 2. The highest BCUT2D eigenvalue weighted by molar-refractivity contribution is 6.07. The SMILES string of the molecule is CCOC(=O)N(C)C1Cn2c(c(C(=O)OCc3ccccc3)c3cc(OC)c(C)cc32)C1OC(C)=O. The third-order valence-corrected chi connectivity index (χ3v) is 6.37. The molecule has 2 atom stereocenters. The van der Waals surface area contributed by atoms with Gasteiger partial charge < -0.3 is 28.4 Å². The molecule has 190 valence electrons. The first-order valence-electron chi connectivity index (χ1n) is 11.7. The van der Waals surface area contributed by atoms with Crippen molar-refractivity contribution >= 4 is 28.9 Å². The molecule has 1 amide bonds. The fraction of sp³-hybridized carbons (Fsp3) is 0.370. The van der Waals surface area contributed by atoms with Crippen LogP contribution in [0.1, 0.15) is 47.1 Å². The maximum absolute atomic E-state index is 13.6. The lowest BCUT2D eigenvalue weighted by molar-refractivity contribution is -0.149. The minimum absolute atomic E-state index is 0.0825. The largest absolute Gasteiger partial charge is 0.496 e. The smallest absolute Gasteiger partial charge is 0.409 e. The Morgan fingerprint density at radius 1 is 1.11 bits per heavy atom. The molecule has 0 bridgehead atoms. The molecule has 1 aliphatic heterocycles. The van der Waals surface area contributed by atoms with Gasteiger partial charge >= 0.3 is 18.0 Å². The average Bonchev–Trinajstić information content (AvgIpc) is 3.36. The molecule has 9 heteroatoms. The summed E-state index contributed by atoms with van der Waals surface area (Å²) in [6.07, 6.45) is -1.43. The van der Waals surface area contributed by atoms with Crippen molar-refractivity contribution in [1.82, 2.24) is 9.47 Å². The van der Waals surface area contributed by atoms with Gasteiger partial charge in [-0.15, -0.1) is 0 Å².